The normalized spacial score (nSPS) is 21.5. The predicted molar refractivity (Wildman–Crippen MR) is 209 cm³/mol. The first-order valence-electron chi connectivity index (χ1n) is 19.4. The lowest BCUT2D eigenvalue weighted by Crippen LogP contribution is -2.51. The number of carbonyl (C=O) groups is 3. The molecule has 2 saturated heterocycles. The molecule has 0 spiro atoms. The Labute approximate surface area is 317 Å². The number of phenols is 1. The number of fused-ring (bicyclic) bond motifs is 2. The van der Waals surface area contributed by atoms with E-state index in [2.05, 4.69) is 82.4 Å². The number of allylic oxidation sites excluding steroid dienone is 1. The van der Waals surface area contributed by atoms with Crippen LogP contribution in [0.2, 0.25) is 0 Å². The number of nitrogens with zero attached hydrogens (tertiary/aromatic N) is 3. The minimum Gasteiger partial charge on any atom is -0.508 e. The number of carbonyl (C=O) groups excluding carboxylic acids is 3. The van der Waals surface area contributed by atoms with Gasteiger partial charge in [0.2, 0.25) is 5.91 Å². The predicted octanol–water partition coefficient (Wildman–Crippen LogP) is 7.01. The lowest BCUT2D eigenvalue weighted by Gasteiger charge is -2.37. The maximum absolute atomic E-state index is 13.2. The van der Waals surface area contributed by atoms with Gasteiger partial charge < -0.3 is 20.1 Å². The number of phenolic OH excluding ortho intramolecular Hbond substituents is 1. The number of piperazine rings is 1. The second kappa shape index (κ2) is 15.5. The fourth-order valence-electron chi connectivity index (χ4n) is 8.82. The van der Waals surface area contributed by atoms with E-state index in [0.29, 0.717) is 53.7 Å². The fraction of sp³-hybridized carbons (Fsp3) is 0.356. The van der Waals surface area contributed by atoms with Crippen LogP contribution in [-0.2, 0) is 11.2 Å². The molecular weight excluding hydrogens is 677 g/mol. The number of rotatable bonds is 11. The zero-order valence-corrected chi connectivity index (χ0v) is 30.7. The van der Waals surface area contributed by atoms with Crippen LogP contribution >= 0.6 is 0 Å². The maximum atomic E-state index is 13.2. The first-order chi connectivity index (χ1) is 26.3. The van der Waals surface area contributed by atoms with Gasteiger partial charge in [-0.3, -0.25) is 24.2 Å². The number of amides is 3. The second-order valence-corrected chi connectivity index (χ2v) is 15.1. The molecule has 2 N–H and O–H groups in total. The number of hydrogen-bond acceptors (Lipinski definition) is 7. The molecule has 3 heterocycles. The van der Waals surface area contributed by atoms with E-state index in [0.717, 1.165) is 69.7 Å². The quantitative estimate of drug-likeness (QED) is 0.127. The lowest BCUT2D eigenvalue weighted by atomic mass is 9.69. The zero-order valence-electron chi connectivity index (χ0n) is 30.7. The van der Waals surface area contributed by atoms with Gasteiger partial charge in [-0.15, -0.1) is 0 Å². The zero-order chi connectivity index (χ0) is 37.2. The van der Waals surface area contributed by atoms with Crippen LogP contribution in [0, 0.1) is 0 Å². The van der Waals surface area contributed by atoms with Crippen molar-refractivity contribution in [3.8, 4) is 11.5 Å². The molecule has 9 heteroatoms. The van der Waals surface area contributed by atoms with Gasteiger partial charge in [-0.1, -0.05) is 55.1 Å². The first-order valence-corrected chi connectivity index (χ1v) is 19.4. The topological polar surface area (TPSA) is 102 Å². The lowest BCUT2D eigenvalue weighted by molar-refractivity contribution is -0.125. The summed E-state index contributed by atoms with van der Waals surface area (Å²) in [6.45, 7) is 9.42. The monoisotopic (exact) mass is 724 g/mol. The van der Waals surface area contributed by atoms with Crippen molar-refractivity contribution in [2.24, 2.45) is 0 Å². The molecule has 1 unspecified atom stereocenters. The Bertz CT molecular complexity index is 2040. The molecule has 4 aromatic rings. The number of benzene rings is 4. The van der Waals surface area contributed by atoms with Gasteiger partial charge in [0.05, 0.1) is 17.7 Å². The summed E-state index contributed by atoms with van der Waals surface area (Å²) in [5.41, 5.74) is 7.75. The van der Waals surface area contributed by atoms with Crippen molar-refractivity contribution in [2.45, 2.75) is 62.8 Å². The van der Waals surface area contributed by atoms with E-state index in [-0.39, 0.29) is 11.8 Å². The van der Waals surface area contributed by atoms with E-state index >= 15 is 0 Å². The molecule has 4 aromatic carbocycles. The third-order valence-corrected chi connectivity index (χ3v) is 11.7. The molecule has 3 atom stereocenters. The van der Waals surface area contributed by atoms with Crippen LogP contribution in [0.4, 0.5) is 5.69 Å². The number of imide groups is 1. The highest BCUT2D eigenvalue weighted by Crippen LogP contribution is 2.47. The average Bonchev–Trinajstić information content (AvgIpc) is 3.44. The molecule has 0 radical (unpaired) electrons. The van der Waals surface area contributed by atoms with Gasteiger partial charge in [-0.25, -0.2) is 0 Å². The van der Waals surface area contributed by atoms with Crippen LogP contribution in [0.5, 0.6) is 11.5 Å². The Hall–Kier alpha value is -5.41. The van der Waals surface area contributed by atoms with Crippen molar-refractivity contribution in [3.05, 3.63) is 137 Å². The Balaban J connectivity index is 0.788. The summed E-state index contributed by atoms with van der Waals surface area (Å²) in [6, 6.07) is 30.1. The number of nitrogens with one attached hydrogen (secondary N) is 1. The van der Waals surface area contributed by atoms with Crippen LogP contribution in [0.3, 0.4) is 0 Å². The number of aryl methyl sites for hydroxylation is 1. The summed E-state index contributed by atoms with van der Waals surface area (Å²) in [5, 5.41) is 12.9. The molecule has 2 fully saturated rings. The number of anilines is 1. The average molecular weight is 725 g/mol. The molecule has 278 valence electrons. The van der Waals surface area contributed by atoms with Crippen molar-refractivity contribution >= 4 is 23.4 Å². The van der Waals surface area contributed by atoms with Crippen molar-refractivity contribution in [3.63, 3.8) is 0 Å². The van der Waals surface area contributed by atoms with E-state index < -0.39 is 17.9 Å². The molecule has 3 aliphatic heterocycles. The Morgan fingerprint density at radius 2 is 1.54 bits per heavy atom. The molecule has 0 bridgehead atoms. The van der Waals surface area contributed by atoms with Gasteiger partial charge in [-0.2, -0.15) is 0 Å². The summed E-state index contributed by atoms with van der Waals surface area (Å²) < 4.78 is 5.98. The van der Waals surface area contributed by atoms with Gasteiger partial charge in [-0.05, 0) is 122 Å². The number of aromatic hydroxyl groups is 1. The Kier molecular flexibility index (Phi) is 10.2. The molecule has 54 heavy (non-hydrogen) atoms. The van der Waals surface area contributed by atoms with Crippen LogP contribution in [0.15, 0.2) is 103 Å². The van der Waals surface area contributed by atoms with Crippen LogP contribution < -0.4 is 15.0 Å². The smallest absolute Gasteiger partial charge is 0.262 e. The number of piperidine rings is 1. The Morgan fingerprint density at radius 3 is 2.31 bits per heavy atom. The van der Waals surface area contributed by atoms with Gasteiger partial charge in [0.25, 0.3) is 11.8 Å². The molecule has 1 aliphatic carbocycles. The summed E-state index contributed by atoms with van der Waals surface area (Å²) >= 11 is 0. The molecule has 3 amide bonds. The highest BCUT2D eigenvalue weighted by atomic mass is 16.5. The minimum atomic E-state index is -0.820. The van der Waals surface area contributed by atoms with E-state index in [1.165, 1.54) is 27.9 Å². The van der Waals surface area contributed by atoms with Gasteiger partial charge in [0, 0.05) is 43.5 Å². The van der Waals surface area contributed by atoms with E-state index in [1.807, 2.05) is 12.1 Å². The van der Waals surface area contributed by atoms with Gasteiger partial charge >= 0.3 is 0 Å². The third kappa shape index (κ3) is 7.25. The van der Waals surface area contributed by atoms with Gasteiger partial charge in [0.1, 0.15) is 17.5 Å². The van der Waals surface area contributed by atoms with Crippen molar-refractivity contribution in [1.29, 1.82) is 0 Å². The number of hydrogen-bond donors (Lipinski definition) is 2. The SMILES string of the molecule is C=C1CCC(N2C(=O)c3ccc(OCCCCCN4CCN(c5ccc([C@@H]6c7ccc(O)cc7CC[C@@H]6c6ccccc6)cc5)CC4)cc3C2=O)C(=O)N1. The summed E-state index contributed by atoms with van der Waals surface area (Å²) in [4.78, 5) is 44.8. The van der Waals surface area contributed by atoms with E-state index in [9.17, 15) is 19.5 Å². The number of unbranched alkanes of at least 4 members (excludes halogenated alkanes) is 2. The van der Waals surface area contributed by atoms with E-state index in [1.54, 1.807) is 18.2 Å². The third-order valence-electron chi connectivity index (χ3n) is 11.7. The van der Waals surface area contributed by atoms with Crippen LogP contribution in [0.1, 0.15) is 93.3 Å². The summed E-state index contributed by atoms with van der Waals surface area (Å²) in [5.74, 6) is 0.293. The highest BCUT2D eigenvalue weighted by molar-refractivity contribution is 6.23. The van der Waals surface area contributed by atoms with Crippen LogP contribution in [0.25, 0.3) is 0 Å². The molecule has 9 nitrogen and oxygen atoms in total. The second-order valence-electron chi connectivity index (χ2n) is 15.1. The van der Waals surface area contributed by atoms with Gasteiger partial charge in [0.15, 0.2) is 0 Å². The largest absolute Gasteiger partial charge is 0.508 e. The molecule has 4 aliphatic rings. The molecule has 0 aromatic heterocycles. The first kappa shape index (κ1) is 35.6. The summed E-state index contributed by atoms with van der Waals surface area (Å²) in [7, 11) is 0. The fourth-order valence-corrected chi connectivity index (χ4v) is 8.82. The van der Waals surface area contributed by atoms with Crippen molar-refractivity contribution in [2.75, 3.05) is 44.2 Å². The molecule has 8 rings (SSSR count). The summed E-state index contributed by atoms with van der Waals surface area (Å²) in [6.07, 6.45) is 5.96. The number of ether oxygens (including phenoxy) is 1. The van der Waals surface area contributed by atoms with Crippen LogP contribution in [-0.4, -0.2) is 78.0 Å². The maximum Gasteiger partial charge on any atom is 0.262 e. The molecular formula is C45H48N4O5. The minimum absolute atomic E-state index is 0.251. The highest BCUT2D eigenvalue weighted by Gasteiger charge is 2.44. The van der Waals surface area contributed by atoms with Crippen molar-refractivity contribution in [1.82, 2.24) is 15.1 Å². The van der Waals surface area contributed by atoms with E-state index in [4.69, 9.17) is 4.74 Å². The van der Waals surface area contributed by atoms with Crippen molar-refractivity contribution < 1.29 is 24.2 Å². The standard InChI is InChI=1S/C45H48N4O5/c1-30-10-21-41(43(51)46-30)49-44(52)39-20-17-36(29-40(39)45(49)53)54-27-7-3-6-22-47-23-25-48(26-24-47)34-14-11-32(12-15-34)42-37(31-8-4-2-5-9-31)18-13-33-28-35(50)16-19-38(33)42/h2,4-5,8-9,11-12,14-17,19-20,28-29,37,41-42,50H,1,3,6-7,10,13,18,21-27H2,(H,46,51)/t37-,41?,42+/m1/s1. The Morgan fingerprint density at radius 1 is 0.759 bits per heavy atom. The molecule has 0 saturated carbocycles.